The van der Waals surface area contributed by atoms with Gasteiger partial charge in [-0.15, -0.1) is 0 Å². The van der Waals surface area contributed by atoms with Gasteiger partial charge in [0.2, 0.25) is 16.9 Å². The Hall–Kier alpha value is -3.31. The first-order chi connectivity index (χ1) is 13.4. The van der Waals surface area contributed by atoms with Gasteiger partial charge < -0.3 is 9.15 Å². The predicted octanol–water partition coefficient (Wildman–Crippen LogP) is 3.44. The smallest absolute Gasteiger partial charge is 0.438 e. The Morgan fingerprint density at radius 1 is 1.07 bits per heavy atom. The molecule has 6 nitrogen and oxygen atoms in total. The number of hydrogen-bond donors (Lipinski definition) is 0. The quantitative estimate of drug-likeness (QED) is 0.607. The van der Waals surface area contributed by atoms with Gasteiger partial charge >= 0.3 is 12.4 Å². The molecule has 0 amide bonds. The van der Waals surface area contributed by atoms with Crippen molar-refractivity contribution < 1.29 is 35.5 Å². The zero-order chi connectivity index (χ0) is 21.6. The van der Waals surface area contributed by atoms with Gasteiger partial charge in [0.1, 0.15) is 12.0 Å². The summed E-state index contributed by atoms with van der Waals surface area (Å²) in [5, 5.41) is 0. The van der Waals surface area contributed by atoms with Crippen molar-refractivity contribution in [2.45, 2.75) is 18.9 Å². The molecule has 154 valence electrons. The highest BCUT2D eigenvalue weighted by atomic mass is 19.4. The van der Waals surface area contributed by atoms with E-state index in [0.29, 0.717) is 16.7 Å². The maximum Gasteiger partial charge on any atom is 0.438 e. The van der Waals surface area contributed by atoms with Gasteiger partial charge in [0.05, 0.1) is 30.3 Å². The second-order valence-corrected chi connectivity index (χ2v) is 5.83. The molecule has 0 atom stereocenters. The molecule has 0 aliphatic rings. The Bertz CT molecular complexity index is 1190. The molecular weight excluding hydrogens is 410 g/mol. The molecule has 0 spiro atoms. The summed E-state index contributed by atoms with van der Waals surface area (Å²) in [5.74, 6) is -0.466. The monoisotopic (exact) mass is 420 g/mol. The van der Waals surface area contributed by atoms with Crippen LogP contribution in [0.3, 0.4) is 0 Å². The lowest BCUT2D eigenvalue weighted by atomic mass is 10.1. The van der Waals surface area contributed by atoms with Crippen LogP contribution in [0.4, 0.5) is 26.3 Å². The van der Waals surface area contributed by atoms with Gasteiger partial charge in [0, 0.05) is 6.07 Å². The molecule has 0 fully saturated rings. The summed E-state index contributed by atoms with van der Waals surface area (Å²) < 4.78 is 88.8. The van der Waals surface area contributed by atoms with Crippen molar-refractivity contribution in [1.82, 2.24) is 9.55 Å². The maximum absolute atomic E-state index is 13.2. The Morgan fingerprint density at radius 2 is 1.76 bits per heavy atom. The highest BCUT2D eigenvalue weighted by molar-refractivity contribution is 5.76. The molecule has 0 radical (unpaired) electrons. The van der Waals surface area contributed by atoms with Crippen molar-refractivity contribution in [3.05, 3.63) is 68.1 Å². The molecule has 2 aromatic heterocycles. The molecule has 0 saturated heterocycles. The third-order valence-corrected chi connectivity index (χ3v) is 3.93. The van der Waals surface area contributed by atoms with Crippen molar-refractivity contribution in [1.29, 1.82) is 0 Å². The van der Waals surface area contributed by atoms with Crippen LogP contribution in [0.5, 0.6) is 5.75 Å². The molecule has 3 rings (SSSR count). The number of alkyl halides is 6. The minimum absolute atomic E-state index is 0.198. The van der Waals surface area contributed by atoms with Gasteiger partial charge in [-0.3, -0.25) is 14.2 Å². The molecule has 3 aromatic rings. The Morgan fingerprint density at radius 3 is 2.31 bits per heavy atom. The molecule has 0 N–H and O–H groups in total. The molecule has 0 aliphatic carbocycles. The summed E-state index contributed by atoms with van der Waals surface area (Å²) >= 11 is 0. The summed E-state index contributed by atoms with van der Waals surface area (Å²) in [5.41, 5.74) is -6.34. The highest BCUT2D eigenvalue weighted by Crippen LogP contribution is 2.32. The Labute approximate surface area is 157 Å². The Kier molecular flexibility index (Phi) is 4.89. The van der Waals surface area contributed by atoms with Gasteiger partial charge in [-0.25, -0.2) is 4.98 Å². The second kappa shape index (κ2) is 6.94. The first-order valence-corrected chi connectivity index (χ1v) is 7.76. The zero-order valence-corrected chi connectivity index (χ0v) is 14.4. The second-order valence-electron chi connectivity index (χ2n) is 5.83. The molecule has 0 bridgehead atoms. The lowest BCUT2D eigenvalue weighted by Crippen LogP contribution is -2.31. The summed E-state index contributed by atoms with van der Waals surface area (Å²) in [6.45, 7) is -0.735. The number of hydrogen-bond acceptors (Lipinski definition) is 5. The van der Waals surface area contributed by atoms with Crippen LogP contribution in [0.1, 0.15) is 17.0 Å². The fourth-order valence-electron chi connectivity index (χ4n) is 2.58. The maximum atomic E-state index is 13.2. The van der Waals surface area contributed by atoms with Crippen molar-refractivity contribution in [3.63, 3.8) is 0 Å². The lowest BCUT2D eigenvalue weighted by molar-refractivity contribution is -0.142. The zero-order valence-electron chi connectivity index (χ0n) is 14.4. The van der Waals surface area contributed by atoms with E-state index >= 15 is 0 Å². The fourth-order valence-corrected chi connectivity index (χ4v) is 2.58. The lowest BCUT2D eigenvalue weighted by Gasteiger charge is -2.15. The average molecular weight is 420 g/mol. The van der Waals surface area contributed by atoms with Crippen LogP contribution in [0.25, 0.3) is 11.0 Å². The molecule has 1 aromatic carbocycles. The predicted molar refractivity (Wildman–Crippen MR) is 86.6 cm³/mol. The van der Waals surface area contributed by atoms with Gasteiger partial charge in [-0.1, -0.05) is 0 Å². The number of benzene rings is 1. The SMILES string of the molecule is COc1coc(Cn2c(=O)c(C(F)(F)F)nc3ccc(C(F)(F)F)cc32)cc1=O. The van der Waals surface area contributed by atoms with E-state index in [0.717, 1.165) is 18.4 Å². The Balaban J connectivity index is 2.28. The molecule has 29 heavy (non-hydrogen) atoms. The van der Waals surface area contributed by atoms with Crippen molar-refractivity contribution in [2.75, 3.05) is 7.11 Å². The van der Waals surface area contributed by atoms with Crippen LogP contribution in [0, 0.1) is 0 Å². The number of halogens is 6. The third kappa shape index (κ3) is 3.96. The molecule has 0 unspecified atom stereocenters. The standard InChI is InChI=1S/C17H10F6N2O4/c1-28-13-7-29-9(5-12(13)26)6-25-11-4-8(16(18,19)20)2-3-10(11)24-14(15(25)27)17(21,22)23/h2-5,7H,6H2,1H3. The van der Waals surface area contributed by atoms with Gasteiger partial charge in [0.25, 0.3) is 5.56 Å². The van der Waals surface area contributed by atoms with Crippen molar-refractivity contribution >= 4 is 11.0 Å². The van der Waals surface area contributed by atoms with E-state index in [9.17, 15) is 35.9 Å². The minimum atomic E-state index is -5.14. The van der Waals surface area contributed by atoms with Gasteiger partial charge in [-0.05, 0) is 18.2 Å². The number of aromatic nitrogens is 2. The van der Waals surface area contributed by atoms with Gasteiger partial charge in [0.15, 0.2) is 0 Å². The van der Waals surface area contributed by atoms with Crippen LogP contribution < -0.4 is 15.7 Å². The molecular formula is C17H10F6N2O4. The largest absolute Gasteiger partial charge is 0.490 e. The first kappa shape index (κ1) is 20.4. The summed E-state index contributed by atoms with van der Waals surface area (Å²) in [6.07, 6.45) is -9.07. The molecule has 0 aliphatic heterocycles. The summed E-state index contributed by atoms with van der Waals surface area (Å²) in [7, 11) is 1.18. The topological polar surface area (TPSA) is 74.3 Å². The number of nitrogens with zero attached hydrogens (tertiary/aromatic N) is 2. The highest BCUT2D eigenvalue weighted by Gasteiger charge is 2.38. The van der Waals surface area contributed by atoms with E-state index in [1.54, 1.807) is 0 Å². The molecule has 2 heterocycles. The van der Waals surface area contributed by atoms with Crippen LogP contribution in [-0.4, -0.2) is 16.7 Å². The van der Waals surface area contributed by atoms with Crippen LogP contribution >= 0.6 is 0 Å². The summed E-state index contributed by atoms with van der Waals surface area (Å²) in [6, 6.07) is 2.65. The van der Waals surface area contributed by atoms with Crippen LogP contribution in [0.15, 0.2) is 44.5 Å². The molecule has 0 saturated carbocycles. The third-order valence-electron chi connectivity index (χ3n) is 3.93. The van der Waals surface area contributed by atoms with Gasteiger partial charge in [-0.2, -0.15) is 26.3 Å². The van der Waals surface area contributed by atoms with E-state index in [1.807, 2.05) is 0 Å². The van der Waals surface area contributed by atoms with E-state index in [1.165, 1.54) is 7.11 Å². The van der Waals surface area contributed by atoms with E-state index < -0.39 is 52.2 Å². The number of ether oxygens (including phenoxy) is 1. The minimum Gasteiger partial charge on any atom is -0.490 e. The van der Waals surface area contributed by atoms with E-state index in [2.05, 4.69) is 4.98 Å². The molecule has 12 heteroatoms. The summed E-state index contributed by atoms with van der Waals surface area (Å²) in [4.78, 5) is 27.3. The normalized spacial score (nSPS) is 12.4. The first-order valence-electron chi connectivity index (χ1n) is 7.76. The van der Waals surface area contributed by atoms with E-state index in [-0.39, 0.29) is 11.5 Å². The number of methoxy groups -OCH3 is 1. The van der Waals surface area contributed by atoms with Crippen LogP contribution in [-0.2, 0) is 18.9 Å². The fraction of sp³-hybridized carbons (Fsp3) is 0.235. The van der Waals surface area contributed by atoms with E-state index in [4.69, 9.17) is 9.15 Å². The van der Waals surface area contributed by atoms with Crippen LogP contribution in [0.2, 0.25) is 0 Å². The number of rotatable bonds is 3. The van der Waals surface area contributed by atoms with Crippen molar-refractivity contribution in [2.24, 2.45) is 0 Å². The van der Waals surface area contributed by atoms with Crippen molar-refractivity contribution in [3.8, 4) is 5.75 Å². The number of fused-ring (bicyclic) bond motifs is 1. The average Bonchev–Trinajstić information content (AvgIpc) is 2.62.